The van der Waals surface area contributed by atoms with E-state index in [1.165, 1.54) is 5.43 Å². The highest BCUT2D eigenvalue weighted by Gasteiger charge is 2.41. The number of hydrazine groups is 1. The third-order valence-electron chi connectivity index (χ3n) is 0.777. The summed E-state index contributed by atoms with van der Waals surface area (Å²) in [6.45, 7) is 0. The van der Waals surface area contributed by atoms with Crippen LogP contribution in [0.3, 0.4) is 0 Å². The number of nitrogens with one attached hydrogen (secondary N) is 1. The Bertz CT molecular complexity index is 133. The number of hydrogen-bond donors (Lipinski definition) is 3. The Morgan fingerprint density at radius 1 is 1.50 bits per heavy atom. The molecule has 1 unspecified atom stereocenters. The highest BCUT2D eigenvalue weighted by atomic mass is 19.4. The highest BCUT2D eigenvalue weighted by molar-refractivity contribution is 5.81. The van der Waals surface area contributed by atoms with Gasteiger partial charge in [-0.15, -0.1) is 0 Å². The number of hydrogen-bond acceptors (Lipinski definition) is 3. The van der Waals surface area contributed by atoms with E-state index in [2.05, 4.69) is 11.6 Å². The van der Waals surface area contributed by atoms with E-state index < -0.39 is 18.1 Å². The molecule has 5 N–H and O–H groups in total. The van der Waals surface area contributed by atoms with Crippen LogP contribution in [0.2, 0.25) is 0 Å². The molecular formula is C3H6F3N3O. The van der Waals surface area contributed by atoms with Crippen LogP contribution in [0.15, 0.2) is 0 Å². The SMILES string of the molecule is NNC(=O)C(N)C(F)(F)F. The quantitative estimate of drug-likeness (QED) is 0.256. The van der Waals surface area contributed by atoms with Crippen LogP contribution in [-0.2, 0) is 4.79 Å². The monoisotopic (exact) mass is 157 g/mol. The van der Waals surface area contributed by atoms with Crippen molar-refractivity contribution in [1.82, 2.24) is 5.43 Å². The Morgan fingerprint density at radius 2 is 1.90 bits per heavy atom. The maximum atomic E-state index is 11.4. The predicted octanol–water partition coefficient (Wildman–Crippen LogP) is -1.13. The van der Waals surface area contributed by atoms with E-state index in [0.29, 0.717) is 0 Å². The minimum Gasteiger partial charge on any atom is -0.312 e. The van der Waals surface area contributed by atoms with Gasteiger partial charge in [0.2, 0.25) is 0 Å². The lowest BCUT2D eigenvalue weighted by atomic mass is 10.3. The van der Waals surface area contributed by atoms with Gasteiger partial charge in [-0.2, -0.15) is 13.2 Å². The van der Waals surface area contributed by atoms with Gasteiger partial charge in [0.25, 0.3) is 5.91 Å². The summed E-state index contributed by atoms with van der Waals surface area (Å²) >= 11 is 0. The molecule has 4 nitrogen and oxygen atoms in total. The van der Waals surface area contributed by atoms with Crippen LogP contribution < -0.4 is 17.0 Å². The zero-order chi connectivity index (χ0) is 8.36. The second-order valence-electron chi connectivity index (χ2n) is 1.53. The summed E-state index contributed by atoms with van der Waals surface area (Å²) in [7, 11) is 0. The number of nitrogens with two attached hydrogens (primary N) is 2. The minimum absolute atomic E-state index is 1.29. The van der Waals surface area contributed by atoms with Crippen LogP contribution in [0.25, 0.3) is 0 Å². The lowest BCUT2D eigenvalue weighted by Gasteiger charge is -2.12. The van der Waals surface area contributed by atoms with E-state index in [-0.39, 0.29) is 0 Å². The molecule has 0 saturated heterocycles. The van der Waals surface area contributed by atoms with Gasteiger partial charge in [0.15, 0.2) is 6.04 Å². The van der Waals surface area contributed by atoms with Gasteiger partial charge in [-0.3, -0.25) is 10.2 Å². The van der Waals surface area contributed by atoms with Crippen LogP contribution in [0.1, 0.15) is 0 Å². The van der Waals surface area contributed by atoms with Gasteiger partial charge in [-0.25, -0.2) is 5.84 Å². The van der Waals surface area contributed by atoms with E-state index in [1.807, 2.05) is 0 Å². The molecule has 0 radical (unpaired) electrons. The largest absolute Gasteiger partial charge is 0.412 e. The molecule has 0 aliphatic carbocycles. The summed E-state index contributed by atoms with van der Waals surface area (Å²) in [4.78, 5) is 10.1. The minimum atomic E-state index is -4.73. The lowest BCUT2D eigenvalue weighted by molar-refractivity contribution is -0.162. The van der Waals surface area contributed by atoms with Crippen LogP contribution in [0, 0.1) is 0 Å². The summed E-state index contributed by atoms with van der Waals surface area (Å²) < 4.78 is 34.3. The van der Waals surface area contributed by atoms with Crippen LogP contribution >= 0.6 is 0 Å². The van der Waals surface area contributed by atoms with Crippen molar-refractivity contribution in [3.8, 4) is 0 Å². The lowest BCUT2D eigenvalue weighted by Crippen LogP contribution is -2.52. The molecule has 10 heavy (non-hydrogen) atoms. The van der Waals surface area contributed by atoms with Gasteiger partial charge in [-0.05, 0) is 0 Å². The molecule has 0 aromatic rings. The Balaban J connectivity index is 4.08. The number of alkyl halides is 3. The van der Waals surface area contributed by atoms with Crippen molar-refractivity contribution < 1.29 is 18.0 Å². The summed E-state index contributed by atoms with van der Waals surface area (Å²) in [6.07, 6.45) is -4.73. The zero-order valence-corrected chi connectivity index (χ0v) is 4.77. The van der Waals surface area contributed by atoms with Gasteiger partial charge in [0, 0.05) is 0 Å². The van der Waals surface area contributed by atoms with Crippen molar-refractivity contribution in [2.45, 2.75) is 12.2 Å². The van der Waals surface area contributed by atoms with Gasteiger partial charge in [0.1, 0.15) is 0 Å². The molecule has 0 spiro atoms. The van der Waals surface area contributed by atoms with Crippen LogP contribution in [0.5, 0.6) is 0 Å². The molecule has 0 bridgehead atoms. The third-order valence-corrected chi connectivity index (χ3v) is 0.777. The first-order chi connectivity index (χ1) is 4.39. The molecule has 0 fully saturated rings. The van der Waals surface area contributed by atoms with Crippen LogP contribution in [0.4, 0.5) is 13.2 Å². The average Bonchev–Trinajstić information content (AvgIpc) is 1.83. The maximum absolute atomic E-state index is 11.4. The van der Waals surface area contributed by atoms with E-state index in [9.17, 15) is 18.0 Å². The van der Waals surface area contributed by atoms with E-state index in [0.717, 1.165) is 0 Å². The van der Waals surface area contributed by atoms with Gasteiger partial charge < -0.3 is 5.73 Å². The van der Waals surface area contributed by atoms with Crippen molar-refractivity contribution in [3.63, 3.8) is 0 Å². The predicted molar refractivity (Wildman–Crippen MR) is 26.4 cm³/mol. The van der Waals surface area contributed by atoms with Crippen molar-refractivity contribution in [1.29, 1.82) is 0 Å². The fraction of sp³-hybridized carbons (Fsp3) is 0.667. The summed E-state index contributed by atoms with van der Waals surface area (Å²) in [5, 5.41) is 0. The first kappa shape index (κ1) is 9.18. The third kappa shape index (κ3) is 2.19. The fourth-order valence-corrected chi connectivity index (χ4v) is 0.238. The summed E-state index contributed by atoms with van der Waals surface area (Å²) in [5.41, 5.74) is 5.68. The molecule has 0 saturated carbocycles. The molecule has 1 atom stereocenters. The summed E-state index contributed by atoms with van der Waals surface area (Å²) in [6, 6.07) is -2.54. The molecular weight excluding hydrogens is 151 g/mol. The van der Waals surface area contributed by atoms with Gasteiger partial charge in [0.05, 0.1) is 0 Å². The maximum Gasteiger partial charge on any atom is 0.412 e. The second kappa shape index (κ2) is 2.84. The highest BCUT2D eigenvalue weighted by Crippen LogP contribution is 2.17. The van der Waals surface area contributed by atoms with Crippen molar-refractivity contribution >= 4 is 5.91 Å². The fourth-order valence-electron chi connectivity index (χ4n) is 0.238. The van der Waals surface area contributed by atoms with Crippen molar-refractivity contribution in [3.05, 3.63) is 0 Å². The number of carbonyl (C=O) groups is 1. The Labute approximate surface area is 54.3 Å². The zero-order valence-electron chi connectivity index (χ0n) is 4.77. The first-order valence-corrected chi connectivity index (χ1v) is 2.22. The molecule has 0 heterocycles. The number of rotatable bonds is 1. The van der Waals surface area contributed by atoms with Crippen LogP contribution in [-0.4, -0.2) is 18.1 Å². The van der Waals surface area contributed by atoms with E-state index in [1.54, 1.807) is 0 Å². The topological polar surface area (TPSA) is 81.1 Å². The molecule has 0 aliphatic rings. The first-order valence-electron chi connectivity index (χ1n) is 2.22. The molecule has 60 valence electrons. The van der Waals surface area contributed by atoms with E-state index in [4.69, 9.17) is 0 Å². The molecule has 1 amide bonds. The molecule has 7 heteroatoms. The molecule has 0 aliphatic heterocycles. The molecule has 0 aromatic heterocycles. The standard InChI is InChI=1S/C3H6F3N3O/c4-3(5,6)1(7)2(10)9-8/h1H,7-8H2,(H,9,10). The molecule has 0 rings (SSSR count). The van der Waals surface area contributed by atoms with Crippen molar-refractivity contribution in [2.75, 3.05) is 0 Å². The Morgan fingerprint density at radius 3 is 2.00 bits per heavy atom. The second-order valence-corrected chi connectivity index (χ2v) is 1.53. The average molecular weight is 157 g/mol. The number of halogens is 3. The smallest absolute Gasteiger partial charge is 0.312 e. The molecule has 0 aromatic carbocycles. The Hall–Kier alpha value is -0.820. The van der Waals surface area contributed by atoms with E-state index >= 15 is 0 Å². The number of carbonyl (C=O) groups excluding carboxylic acids is 1. The van der Waals surface area contributed by atoms with Gasteiger partial charge >= 0.3 is 6.18 Å². The van der Waals surface area contributed by atoms with Crippen molar-refractivity contribution in [2.24, 2.45) is 11.6 Å². The van der Waals surface area contributed by atoms with Gasteiger partial charge in [-0.1, -0.05) is 0 Å². The Kier molecular flexibility index (Phi) is 2.61. The normalized spacial score (nSPS) is 14.5. The number of amides is 1. The summed E-state index contributed by atoms with van der Waals surface area (Å²) in [5.74, 6) is 2.94.